The molecular weight excluding hydrogens is 220 g/mol. The summed E-state index contributed by atoms with van der Waals surface area (Å²) in [4.78, 5) is 10.7. The molecule has 0 fully saturated rings. The van der Waals surface area contributed by atoms with Crippen molar-refractivity contribution in [3.05, 3.63) is 35.9 Å². The summed E-state index contributed by atoms with van der Waals surface area (Å²) in [5.41, 5.74) is 0.541. The highest BCUT2D eigenvalue weighted by Gasteiger charge is 2.02. The Labute approximate surface area is 81.0 Å². The van der Waals surface area contributed by atoms with Crippen molar-refractivity contribution in [1.82, 2.24) is 0 Å². The average Bonchev–Trinajstić information content (AvgIpc) is 2.21. The van der Waals surface area contributed by atoms with Gasteiger partial charge in [-0.05, 0) is 12.1 Å². The fraction of sp³-hybridized carbons (Fsp3) is 0.222. The first-order valence-electron chi connectivity index (χ1n) is 3.72. The van der Waals surface area contributed by atoms with Crippen LogP contribution in [0, 0.1) is 0 Å². The molecule has 3 heteroatoms. The summed E-state index contributed by atoms with van der Waals surface area (Å²) < 4.78 is 4.31. The second-order valence-electron chi connectivity index (χ2n) is 1.73. The predicted molar refractivity (Wildman–Crippen MR) is 52.1 cm³/mol. The maximum absolute atomic E-state index is 10.7. The fourth-order valence-corrected chi connectivity index (χ4v) is 0.806. The highest BCUT2D eigenvalue weighted by Crippen LogP contribution is 2.02. The second-order valence-corrected chi connectivity index (χ2v) is 2.05. The van der Waals surface area contributed by atoms with Gasteiger partial charge in [-0.25, -0.2) is 4.79 Å². The van der Waals surface area contributed by atoms with E-state index in [2.05, 4.69) is 20.1 Å². The van der Waals surface area contributed by atoms with Crippen molar-refractivity contribution >= 4 is 22.2 Å². The molecule has 0 spiro atoms. The van der Waals surface area contributed by atoms with E-state index in [0.717, 1.165) is 0 Å². The number of rotatable bonds is 1. The summed E-state index contributed by atoms with van der Waals surface area (Å²) >= 11 is 2.60. The van der Waals surface area contributed by atoms with Gasteiger partial charge in [0.25, 0.3) is 0 Å². The van der Waals surface area contributed by atoms with Crippen LogP contribution in [0.3, 0.4) is 0 Å². The zero-order chi connectivity index (χ0) is 9.40. The van der Waals surface area contributed by atoms with Crippen LogP contribution in [0.15, 0.2) is 30.3 Å². The van der Waals surface area contributed by atoms with Gasteiger partial charge in [-0.3, -0.25) is 0 Å². The minimum absolute atomic E-state index is 0.374. The molecule has 0 saturated carbocycles. The van der Waals surface area contributed by atoms with Crippen LogP contribution in [-0.2, 0) is 3.83 Å². The Morgan fingerprint density at radius 3 is 2.17 bits per heavy atom. The van der Waals surface area contributed by atoms with E-state index in [0.29, 0.717) is 5.56 Å². The maximum Gasteiger partial charge on any atom is 0.349 e. The van der Waals surface area contributed by atoms with Crippen LogP contribution in [0.5, 0.6) is 0 Å². The minimum atomic E-state index is -0.374. The number of benzene rings is 1. The van der Waals surface area contributed by atoms with E-state index >= 15 is 0 Å². The zero-order valence-electron chi connectivity index (χ0n) is 7.08. The number of halogens is 1. The van der Waals surface area contributed by atoms with Crippen molar-refractivity contribution in [3.8, 4) is 0 Å². The number of hydrogen-bond acceptors (Lipinski definition) is 2. The number of carbonyl (C=O) groups excluding carboxylic acids is 1. The van der Waals surface area contributed by atoms with Gasteiger partial charge in [0.2, 0.25) is 0 Å². The van der Waals surface area contributed by atoms with Crippen LogP contribution in [0.4, 0.5) is 0 Å². The highest BCUT2D eigenvalue weighted by molar-refractivity contribution is 9.06. The summed E-state index contributed by atoms with van der Waals surface area (Å²) in [5, 5.41) is 0. The molecule has 1 aromatic carbocycles. The lowest BCUT2D eigenvalue weighted by Crippen LogP contribution is -1.95. The Morgan fingerprint density at radius 1 is 1.25 bits per heavy atom. The summed E-state index contributed by atoms with van der Waals surface area (Å²) in [6.07, 6.45) is 0. The topological polar surface area (TPSA) is 26.3 Å². The van der Waals surface area contributed by atoms with Crippen molar-refractivity contribution in [2.75, 3.05) is 0 Å². The van der Waals surface area contributed by atoms with E-state index in [1.807, 2.05) is 19.9 Å². The van der Waals surface area contributed by atoms with Crippen LogP contribution in [0.2, 0.25) is 0 Å². The van der Waals surface area contributed by atoms with Gasteiger partial charge in [0.15, 0.2) is 16.3 Å². The number of hydrogen-bond donors (Lipinski definition) is 0. The van der Waals surface area contributed by atoms with Gasteiger partial charge in [0.1, 0.15) is 0 Å². The molecule has 0 N–H and O–H groups in total. The number of carbonyl (C=O) groups is 1. The quantitative estimate of drug-likeness (QED) is 0.741. The Balaban J connectivity index is 0.000000561. The van der Waals surface area contributed by atoms with Gasteiger partial charge in [-0.15, -0.1) is 0 Å². The summed E-state index contributed by atoms with van der Waals surface area (Å²) in [7, 11) is 0. The van der Waals surface area contributed by atoms with Gasteiger partial charge in [0, 0.05) is 0 Å². The molecule has 0 atom stereocenters. The molecule has 0 aliphatic carbocycles. The monoisotopic (exact) mass is 230 g/mol. The molecule has 1 rings (SSSR count). The summed E-state index contributed by atoms with van der Waals surface area (Å²) in [6.45, 7) is 4.00. The lowest BCUT2D eigenvalue weighted by molar-refractivity contribution is 0.0782. The first-order valence-corrected chi connectivity index (χ1v) is 4.37. The standard InChI is InChI=1S/C7H5BrO2.C2H6/c8-10-7(9)6-4-2-1-3-5-6;1-2/h1-5H;1-2H3. The lowest BCUT2D eigenvalue weighted by atomic mass is 10.2. The molecule has 1 aromatic rings. The van der Waals surface area contributed by atoms with E-state index in [1.165, 1.54) is 0 Å². The molecule has 0 bridgehead atoms. The average molecular weight is 231 g/mol. The van der Waals surface area contributed by atoms with E-state index in [-0.39, 0.29) is 5.97 Å². The van der Waals surface area contributed by atoms with Crippen LogP contribution >= 0.6 is 16.3 Å². The Morgan fingerprint density at radius 2 is 1.75 bits per heavy atom. The molecule has 0 aromatic heterocycles. The van der Waals surface area contributed by atoms with Crippen LogP contribution in [-0.4, -0.2) is 5.97 Å². The van der Waals surface area contributed by atoms with Crippen molar-refractivity contribution in [1.29, 1.82) is 0 Å². The minimum Gasteiger partial charge on any atom is -0.380 e. The van der Waals surface area contributed by atoms with E-state index in [4.69, 9.17) is 0 Å². The molecule has 0 aliphatic rings. The third kappa shape index (κ3) is 3.53. The van der Waals surface area contributed by atoms with Gasteiger partial charge >= 0.3 is 5.97 Å². The maximum atomic E-state index is 10.7. The molecule has 0 unspecified atom stereocenters. The van der Waals surface area contributed by atoms with Crippen LogP contribution < -0.4 is 0 Å². The Hall–Kier alpha value is -0.830. The smallest absolute Gasteiger partial charge is 0.349 e. The highest BCUT2D eigenvalue weighted by atomic mass is 79.9. The third-order valence-corrected chi connectivity index (χ3v) is 1.37. The molecule has 0 aliphatic heterocycles. The summed E-state index contributed by atoms with van der Waals surface area (Å²) in [6, 6.07) is 8.76. The molecule has 66 valence electrons. The molecular formula is C9H11BrO2. The Bertz CT molecular complexity index is 221. The van der Waals surface area contributed by atoms with Gasteiger partial charge in [-0.1, -0.05) is 32.0 Å². The summed E-state index contributed by atoms with van der Waals surface area (Å²) in [5.74, 6) is -0.374. The first kappa shape index (κ1) is 11.2. The SMILES string of the molecule is CC.O=C(OBr)c1ccccc1. The van der Waals surface area contributed by atoms with Gasteiger partial charge < -0.3 is 3.83 Å². The van der Waals surface area contributed by atoms with Crippen LogP contribution in [0.25, 0.3) is 0 Å². The third-order valence-electron chi connectivity index (χ3n) is 1.08. The first-order chi connectivity index (χ1) is 5.84. The second kappa shape index (κ2) is 6.85. The molecule has 2 nitrogen and oxygen atoms in total. The van der Waals surface area contributed by atoms with Crippen molar-refractivity contribution in [2.45, 2.75) is 13.8 Å². The normalized spacial score (nSPS) is 7.92. The van der Waals surface area contributed by atoms with Crippen molar-refractivity contribution < 1.29 is 8.62 Å². The molecule has 0 saturated heterocycles. The molecule has 12 heavy (non-hydrogen) atoms. The molecule has 0 amide bonds. The lowest BCUT2D eigenvalue weighted by Gasteiger charge is -1.92. The molecule has 0 radical (unpaired) electrons. The van der Waals surface area contributed by atoms with E-state index in [1.54, 1.807) is 24.3 Å². The van der Waals surface area contributed by atoms with Crippen molar-refractivity contribution in [3.63, 3.8) is 0 Å². The largest absolute Gasteiger partial charge is 0.380 e. The van der Waals surface area contributed by atoms with Gasteiger partial charge in [-0.2, -0.15) is 0 Å². The van der Waals surface area contributed by atoms with Crippen molar-refractivity contribution in [2.24, 2.45) is 0 Å². The van der Waals surface area contributed by atoms with Crippen LogP contribution in [0.1, 0.15) is 24.2 Å². The van der Waals surface area contributed by atoms with Gasteiger partial charge in [0.05, 0.1) is 5.56 Å². The Kier molecular flexibility index (Phi) is 6.38. The zero-order valence-corrected chi connectivity index (χ0v) is 8.67. The predicted octanol–water partition coefficient (Wildman–Crippen LogP) is 3.18. The van der Waals surface area contributed by atoms with E-state index in [9.17, 15) is 4.79 Å². The van der Waals surface area contributed by atoms with E-state index < -0.39 is 0 Å². The fourth-order valence-electron chi connectivity index (χ4n) is 0.619. The molecule has 0 heterocycles.